The first-order chi connectivity index (χ1) is 14.0. The predicted octanol–water partition coefficient (Wildman–Crippen LogP) is 2.38. The molecule has 1 aromatic heterocycles. The normalized spacial score (nSPS) is 15.0. The quantitative estimate of drug-likeness (QED) is 0.677. The number of amides is 2. The van der Waals surface area contributed by atoms with Crippen molar-refractivity contribution >= 4 is 28.8 Å². The fourth-order valence-corrected chi connectivity index (χ4v) is 2.97. The van der Waals surface area contributed by atoms with Crippen molar-refractivity contribution in [3.8, 4) is 11.5 Å². The van der Waals surface area contributed by atoms with E-state index in [2.05, 4.69) is 5.32 Å². The van der Waals surface area contributed by atoms with Gasteiger partial charge in [0.25, 0.3) is 11.8 Å². The Morgan fingerprint density at radius 1 is 1.07 bits per heavy atom. The van der Waals surface area contributed by atoms with E-state index in [-0.39, 0.29) is 12.4 Å². The molecule has 0 fully saturated rings. The topological polar surface area (TPSA) is 104 Å². The van der Waals surface area contributed by atoms with E-state index in [1.807, 2.05) is 12.1 Å². The third-order valence-electron chi connectivity index (χ3n) is 4.43. The van der Waals surface area contributed by atoms with Gasteiger partial charge in [-0.2, -0.15) is 0 Å². The van der Waals surface area contributed by atoms with Gasteiger partial charge in [0.1, 0.15) is 12.2 Å². The molecule has 0 bridgehead atoms. The maximum Gasteiger partial charge on any atom is 0.375 e. The zero-order valence-corrected chi connectivity index (χ0v) is 15.5. The van der Waals surface area contributed by atoms with Crippen LogP contribution in [0.1, 0.15) is 16.1 Å². The van der Waals surface area contributed by atoms with Crippen molar-refractivity contribution < 1.29 is 33.0 Å². The van der Waals surface area contributed by atoms with Crippen LogP contribution in [0.2, 0.25) is 0 Å². The average Bonchev–Trinajstić information content (AvgIpc) is 3.08. The van der Waals surface area contributed by atoms with Gasteiger partial charge in [-0.3, -0.25) is 14.9 Å². The molecule has 0 saturated carbocycles. The molecule has 148 valence electrons. The van der Waals surface area contributed by atoms with Gasteiger partial charge in [-0.25, -0.2) is 4.79 Å². The summed E-state index contributed by atoms with van der Waals surface area (Å²) in [6.45, 7) is 1.06. The Kier molecular flexibility index (Phi) is 4.90. The van der Waals surface area contributed by atoms with Crippen LogP contribution in [0.5, 0.6) is 11.5 Å². The summed E-state index contributed by atoms with van der Waals surface area (Å²) in [4.78, 5) is 36.4. The Morgan fingerprint density at radius 3 is 2.59 bits per heavy atom. The number of hydrogen-bond acceptors (Lipinski definition) is 7. The number of furan rings is 1. The van der Waals surface area contributed by atoms with E-state index < -0.39 is 30.5 Å². The minimum absolute atomic E-state index is 0.0194. The van der Waals surface area contributed by atoms with Gasteiger partial charge in [-0.1, -0.05) is 30.3 Å². The van der Waals surface area contributed by atoms with Crippen LogP contribution in [0.3, 0.4) is 0 Å². The summed E-state index contributed by atoms with van der Waals surface area (Å²) in [5.74, 6) is -1.28. The molecule has 1 aliphatic heterocycles. The lowest BCUT2D eigenvalue weighted by Gasteiger charge is -2.25. The number of ether oxygens (including phenoxy) is 3. The Bertz CT molecular complexity index is 1100. The van der Waals surface area contributed by atoms with E-state index >= 15 is 0 Å². The standard InChI is InChI=1S/C21H17NO7/c1-12-13-6-2-3-7-14(13)29-19(12)21(25)27-11-18(23)22-20(24)17-10-26-15-8-4-5-9-16(15)28-17/h2-9,17H,10-11H2,1H3,(H,22,23,24)/t17-/m0/s1. The Balaban J connectivity index is 1.32. The highest BCUT2D eigenvalue weighted by atomic mass is 16.6. The first-order valence-electron chi connectivity index (χ1n) is 8.90. The van der Waals surface area contributed by atoms with Crippen molar-refractivity contribution in [2.24, 2.45) is 0 Å². The first-order valence-corrected chi connectivity index (χ1v) is 8.90. The van der Waals surface area contributed by atoms with Gasteiger partial charge < -0.3 is 18.6 Å². The molecule has 2 aromatic carbocycles. The van der Waals surface area contributed by atoms with E-state index in [0.717, 1.165) is 5.39 Å². The maximum atomic E-state index is 12.2. The zero-order chi connectivity index (χ0) is 20.4. The highest BCUT2D eigenvalue weighted by Gasteiger charge is 2.29. The van der Waals surface area contributed by atoms with E-state index in [0.29, 0.717) is 22.6 Å². The smallest absolute Gasteiger partial charge is 0.375 e. The number of fused-ring (bicyclic) bond motifs is 2. The summed E-state index contributed by atoms with van der Waals surface area (Å²) >= 11 is 0. The van der Waals surface area contributed by atoms with Crippen LogP contribution in [-0.2, 0) is 14.3 Å². The van der Waals surface area contributed by atoms with Crippen molar-refractivity contribution in [3.63, 3.8) is 0 Å². The lowest BCUT2D eigenvalue weighted by molar-refractivity contribution is -0.137. The van der Waals surface area contributed by atoms with Gasteiger partial charge in [-0.05, 0) is 25.1 Å². The number of esters is 1. The van der Waals surface area contributed by atoms with E-state index in [1.165, 1.54) is 0 Å². The third kappa shape index (κ3) is 3.77. The molecule has 0 aliphatic carbocycles. The highest BCUT2D eigenvalue weighted by molar-refractivity contribution is 6.00. The number of hydrogen-bond donors (Lipinski definition) is 1. The second-order valence-corrected chi connectivity index (χ2v) is 6.41. The molecule has 1 N–H and O–H groups in total. The molecule has 0 radical (unpaired) electrons. The third-order valence-corrected chi connectivity index (χ3v) is 4.43. The van der Waals surface area contributed by atoms with E-state index in [9.17, 15) is 14.4 Å². The van der Waals surface area contributed by atoms with Crippen molar-refractivity contribution in [1.29, 1.82) is 0 Å². The molecule has 1 atom stereocenters. The molecule has 1 aliphatic rings. The number of carbonyl (C=O) groups is 3. The van der Waals surface area contributed by atoms with Gasteiger partial charge in [0.05, 0.1) is 0 Å². The van der Waals surface area contributed by atoms with Crippen LogP contribution in [0.4, 0.5) is 0 Å². The highest BCUT2D eigenvalue weighted by Crippen LogP contribution is 2.30. The van der Waals surface area contributed by atoms with Crippen molar-refractivity contribution in [3.05, 3.63) is 59.9 Å². The van der Waals surface area contributed by atoms with Crippen LogP contribution in [0.25, 0.3) is 11.0 Å². The van der Waals surface area contributed by atoms with Crippen LogP contribution >= 0.6 is 0 Å². The second kappa shape index (κ2) is 7.67. The minimum Gasteiger partial charge on any atom is -0.485 e. The first kappa shape index (κ1) is 18.5. The number of para-hydroxylation sites is 3. The molecule has 0 unspecified atom stereocenters. The fourth-order valence-electron chi connectivity index (χ4n) is 2.97. The number of imide groups is 1. The molecular formula is C21H17NO7. The summed E-state index contributed by atoms with van der Waals surface area (Å²) in [6.07, 6.45) is -0.984. The lowest BCUT2D eigenvalue weighted by Crippen LogP contribution is -2.47. The summed E-state index contributed by atoms with van der Waals surface area (Å²) in [5, 5.41) is 2.92. The van der Waals surface area contributed by atoms with Gasteiger partial charge in [0.15, 0.2) is 18.1 Å². The summed E-state index contributed by atoms with van der Waals surface area (Å²) in [6, 6.07) is 14.1. The molecule has 2 heterocycles. The van der Waals surface area contributed by atoms with Crippen molar-refractivity contribution in [2.75, 3.05) is 13.2 Å². The summed E-state index contributed by atoms with van der Waals surface area (Å²) < 4.78 is 21.4. The van der Waals surface area contributed by atoms with Gasteiger partial charge >= 0.3 is 5.97 Å². The molecule has 8 nitrogen and oxygen atoms in total. The molecule has 4 rings (SSSR count). The maximum absolute atomic E-state index is 12.2. The molecule has 3 aromatic rings. The van der Waals surface area contributed by atoms with Crippen molar-refractivity contribution in [2.45, 2.75) is 13.0 Å². The van der Waals surface area contributed by atoms with Crippen LogP contribution in [0.15, 0.2) is 52.9 Å². The molecule has 8 heteroatoms. The Morgan fingerprint density at radius 2 is 1.79 bits per heavy atom. The lowest BCUT2D eigenvalue weighted by atomic mass is 10.1. The number of nitrogens with one attached hydrogen (secondary N) is 1. The number of aryl methyl sites for hydroxylation is 1. The van der Waals surface area contributed by atoms with Gasteiger partial charge in [0, 0.05) is 10.9 Å². The summed E-state index contributed by atoms with van der Waals surface area (Å²) in [7, 11) is 0. The number of rotatable bonds is 4. The van der Waals surface area contributed by atoms with E-state index in [1.54, 1.807) is 43.3 Å². The SMILES string of the molecule is Cc1c(C(=O)OCC(=O)NC(=O)[C@@H]2COc3ccccc3O2)oc2ccccc12. The van der Waals surface area contributed by atoms with Crippen LogP contribution in [-0.4, -0.2) is 37.1 Å². The largest absolute Gasteiger partial charge is 0.485 e. The minimum atomic E-state index is -0.984. The molecule has 0 spiro atoms. The monoisotopic (exact) mass is 395 g/mol. The fraction of sp³-hybridized carbons (Fsp3) is 0.190. The van der Waals surface area contributed by atoms with E-state index in [4.69, 9.17) is 18.6 Å². The van der Waals surface area contributed by atoms with Gasteiger partial charge in [-0.15, -0.1) is 0 Å². The Hall–Kier alpha value is -3.81. The molecule has 0 saturated heterocycles. The molecule has 2 amide bonds. The van der Waals surface area contributed by atoms with Gasteiger partial charge in [0.2, 0.25) is 11.9 Å². The molecule has 29 heavy (non-hydrogen) atoms. The summed E-state index contributed by atoms with van der Waals surface area (Å²) in [5.41, 5.74) is 1.17. The Labute approximate surface area is 165 Å². The van der Waals surface area contributed by atoms with Crippen LogP contribution in [0, 0.1) is 6.92 Å². The van der Waals surface area contributed by atoms with Crippen LogP contribution < -0.4 is 14.8 Å². The number of carbonyl (C=O) groups excluding carboxylic acids is 3. The average molecular weight is 395 g/mol. The molecular weight excluding hydrogens is 378 g/mol. The second-order valence-electron chi connectivity index (χ2n) is 6.41. The van der Waals surface area contributed by atoms with Crippen molar-refractivity contribution in [1.82, 2.24) is 5.32 Å². The predicted molar refractivity (Wildman–Crippen MR) is 101 cm³/mol. The number of benzene rings is 2. The zero-order valence-electron chi connectivity index (χ0n) is 15.5.